The number of carbonyl (C=O) groups excluding carboxylic acids is 1. The van der Waals surface area contributed by atoms with Gasteiger partial charge in [-0.3, -0.25) is 14.9 Å². The lowest BCUT2D eigenvalue weighted by Gasteiger charge is -2.07. The van der Waals surface area contributed by atoms with Crippen molar-refractivity contribution in [1.29, 1.82) is 0 Å². The maximum atomic E-state index is 13.4. The summed E-state index contributed by atoms with van der Waals surface area (Å²) in [5.74, 6) is -2.43. The molecule has 1 amide bonds. The van der Waals surface area contributed by atoms with Gasteiger partial charge in [-0.1, -0.05) is 0 Å². The van der Waals surface area contributed by atoms with Crippen LogP contribution in [0.4, 0.5) is 25.8 Å². The molecule has 6 nitrogen and oxygen atoms in total. The van der Waals surface area contributed by atoms with Gasteiger partial charge in [-0.25, -0.2) is 8.78 Å². The molecule has 3 N–H and O–H groups in total. The zero-order valence-corrected chi connectivity index (χ0v) is 10.5. The van der Waals surface area contributed by atoms with Crippen molar-refractivity contribution in [2.24, 2.45) is 0 Å². The summed E-state index contributed by atoms with van der Waals surface area (Å²) in [6.45, 7) is 0. The van der Waals surface area contributed by atoms with Crippen molar-refractivity contribution in [1.82, 2.24) is 0 Å². The third kappa shape index (κ3) is 3.11. The molecule has 0 aliphatic heterocycles. The van der Waals surface area contributed by atoms with Crippen molar-refractivity contribution in [3.63, 3.8) is 0 Å². The molecule has 0 aliphatic rings. The summed E-state index contributed by atoms with van der Waals surface area (Å²) in [5, 5.41) is 12.8. The molecule has 2 aromatic carbocycles. The molecule has 0 spiro atoms. The number of benzene rings is 2. The lowest BCUT2D eigenvalue weighted by molar-refractivity contribution is -0.383. The Morgan fingerprint density at radius 3 is 2.48 bits per heavy atom. The number of carbonyl (C=O) groups is 1. The zero-order chi connectivity index (χ0) is 15.6. The number of hydrogen-bond acceptors (Lipinski definition) is 4. The molecule has 8 heteroatoms. The number of nitro groups is 1. The molecular formula is C13H9F2N3O3. The SMILES string of the molecule is Nc1cc(C(=O)Nc2ccc(F)cc2F)ccc1[N+](=O)[O-]. The van der Waals surface area contributed by atoms with Gasteiger partial charge in [-0.2, -0.15) is 0 Å². The lowest BCUT2D eigenvalue weighted by atomic mass is 10.1. The summed E-state index contributed by atoms with van der Waals surface area (Å²) < 4.78 is 26.2. The summed E-state index contributed by atoms with van der Waals surface area (Å²) in [6.07, 6.45) is 0. The van der Waals surface area contributed by atoms with E-state index >= 15 is 0 Å². The highest BCUT2D eigenvalue weighted by Gasteiger charge is 2.15. The minimum absolute atomic E-state index is 0.0156. The van der Waals surface area contributed by atoms with Crippen molar-refractivity contribution in [2.75, 3.05) is 11.1 Å². The molecular weight excluding hydrogens is 284 g/mol. The lowest BCUT2D eigenvalue weighted by Crippen LogP contribution is -2.13. The molecule has 0 aliphatic carbocycles. The first-order valence-corrected chi connectivity index (χ1v) is 5.69. The summed E-state index contributed by atoms with van der Waals surface area (Å²) >= 11 is 0. The van der Waals surface area contributed by atoms with Gasteiger partial charge < -0.3 is 11.1 Å². The third-order valence-corrected chi connectivity index (χ3v) is 2.67. The maximum Gasteiger partial charge on any atom is 0.292 e. The van der Waals surface area contributed by atoms with E-state index in [0.29, 0.717) is 6.07 Å². The van der Waals surface area contributed by atoms with E-state index < -0.39 is 22.5 Å². The molecule has 0 heterocycles. The Morgan fingerprint density at radius 1 is 1.19 bits per heavy atom. The zero-order valence-electron chi connectivity index (χ0n) is 10.5. The van der Waals surface area contributed by atoms with E-state index in [4.69, 9.17) is 5.73 Å². The van der Waals surface area contributed by atoms with Gasteiger partial charge in [0.2, 0.25) is 0 Å². The Hall–Kier alpha value is -3.03. The minimum Gasteiger partial charge on any atom is -0.393 e. The maximum absolute atomic E-state index is 13.4. The Bertz CT molecular complexity index is 735. The topological polar surface area (TPSA) is 98.3 Å². The highest BCUT2D eigenvalue weighted by atomic mass is 19.1. The second-order valence-electron chi connectivity index (χ2n) is 4.11. The molecule has 0 unspecified atom stereocenters. The van der Waals surface area contributed by atoms with Gasteiger partial charge in [0.15, 0.2) is 0 Å². The van der Waals surface area contributed by atoms with Gasteiger partial charge in [0.25, 0.3) is 11.6 Å². The van der Waals surface area contributed by atoms with Crippen LogP contribution in [0.2, 0.25) is 0 Å². The van der Waals surface area contributed by atoms with Gasteiger partial charge in [-0.05, 0) is 24.3 Å². The van der Waals surface area contributed by atoms with Crippen molar-refractivity contribution in [3.05, 3.63) is 63.7 Å². The summed E-state index contributed by atoms with van der Waals surface area (Å²) in [5.41, 5.74) is 4.74. The molecule has 108 valence electrons. The van der Waals surface area contributed by atoms with E-state index in [9.17, 15) is 23.7 Å². The number of anilines is 2. The fraction of sp³-hybridized carbons (Fsp3) is 0. The number of nitrogens with two attached hydrogens (primary N) is 1. The molecule has 0 saturated carbocycles. The first kappa shape index (κ1) is 14.4. The average Bonchev–Trinajstić information content (AvgIpc) is 2.41. The normalized spacial score (nSPS) is 10.2. The molecule has 0 atom stereocenters. The number of amides is 1. The second kappa shape index (κ2) is 5.53. The van der Waals surface area contributed by atoms with Crippen LogP contribution in [-0.4, -0.2) is 10.8 Å². The molecule has 0 saturated heterocycles. The summed E-state index contributed by atoms with van der Waals surface area (Å²) in [7, 11) is 0. The number of nitrogens with one attached hydrogen (secondary N) is 1. The van der Waals surface area contributed by atoms with Crippen molar-refractivity contribution >= 4 is 23.0 Å². The van der Waals surface area contributed by atoms with Crippen LogP contribution >= 0.6 is 0 Å². The number of nitrogen functional groups attached to an aromatic ring is 1. The van der Waals surface area contributed by atoms with E-state index in [1.54, 1.807) is 0 Å². The molecule has 0 radical (unpaired) electrons. The Morgan fingerprint density at radius 2 is 1.90 bits per heavy atom. The molecule has 21 heavy (non-hydrogen) atoms. The second-order valence-corrected chi connectivity index (χ2v) is 4.11. The van der Waals surface area contributed by atoms with Crippen LogP contribution in [0.15, 0.2) is 36.4 Å². The van der Waals surface area contributed by atoms with Gasteiger partial charge in [0, 0.05) is 17.7 Å². The Labute approximate surface area is 117 Å². The molecule has 0 bridgehead atoms. The predicted molar refractivity (Wildman–Crippen MR) is 71.8 cm³/mol. The van der Waals surface area contributed by atoms with Crippen LogP contribution in [0.5, 0.6) is 0 Å². The van der Waals surface area contributed by atoms with Crippen molar-refractivity contribution in [3.8, 4) is 0 Å². The highest BCUT2D eigenvalue weighted by Crippen LogP contribution is 2.23. The molecule has 0 aromatic heterocycles. The largest absolute Gasteiger partial charge is 0.393 e. The monoisotopic (exact) mass is 293 g/mol. The first-order chi connectivity index (χ1) is 9.88. The predicted octanol–water partition coefficient (Wildman–Crippen LogP) is 2.71. The van der Waals surface area contributed by atoms with E-state index in [-0.39, 0.29) is 22.6 Å². The van der Waals surface area contributed by atoms with Gasteiger partial charge in [-0.15, -0.1) is 0 Å². The summed E-state index contributed by atoms with van der Waals surface area (Å²) in [6, 6.07) is 6.05. The number of rotatable bonds is 3. The first-order valence-electron chi connectivity index (χ1n) is 5.69. The quantitative estimate of drug-likeness (QED) is 0.516. The smallest absolute Gasteiger partial charge is 0.292 e. The number of halogens is 2. The fourth-order valence-corrected chi connectivity index (χ4v) is 1.65. The van der Waals surface area contributed by atoms with Crippen molar-refractivity contribution < 1.29 is 18.5 Å². The van der Waals surface area contributed by atoms with Crippen LogP contribution in [-0.2, 0) is 0 Å². The summed E-state index contributed by atoms with van der Waals surface area (Å²) in [4.78, 5) is 21.8. The fourth-order valence-electron chi connectivity index (χ4n) is 1.65. The van der Waals surface area contributed by atoms with Crippen LogP contribution in [0.1, 0.15) is 10.4 Å². The number of nitro benzene ring substituents is 1. The van der Waals surface area contributed by atoms with Crippen LogP contribution < -0.4 is 11.1 Å². The van der Waals surface area contributed by atoms with E-state index in [1.807, 2.05) is 0 Å². The number of nitrogens with zero attached hydrogens (tertiary/aromatic N) is 1. The molecule has 2 aromatic rings. The molecule has 0 fully saturated rings. The van der Waals surface area contributed by atoms with E-state index in [2.05, 4.69) is 5.32 Å². The van der Waals surface area contributed by atoms with Gasteiger partial charge >= 0.3 is 0 Å². The third-order valence-electron chi connectivity index (χ3n) is 2.67. The van der Waals surface area contributed by atoms with Crippen LogP contribution in [0.3, 0.4) is 0 Å². The average molecular weight is 293 g/mol. The van der Waals surface area contributed by atoms with Crippen molar-refractivity contribution in [2.45, 2.75) is 0 Å². The number of hydrogen-bond donors (Lipinski definition) is 2. The Balaban J connectivity index is 2.24. The highest BCUT2D eigenvalue weighted by molar-refractivity contribution is 6.05. The standard InChI is InChI=1S/C13H9F2N3O3/c14-8-2-3-11(9(15)6-8)17-13(19)7-1-4-12(18(20)21)10(16)5-7/h1-6H,16H2,(H,17,19). The van der Waals surface area contributed by atoms with Crippen LogP contribution in [0.25, 0.3) is 0 Å². The van der Waals surface area contributed by atoms with Crippen LogP contribution in [0, 0.1) is 21.7 Å². The minimum atomic E-state index is -0.932. The van der Waals surface area contributed by atoms with Gasteiger partial charge in [0.1, 0.15) is 17.3 Å². The van der Waals surface area contributed by atoms with Gasteiger partial charge in [0.05, 0.1) is 10.6 Å². The van der Waals surface area contributed by atoms with E-state index in [1.165, 1.54) is 6.07 Å². The van der Waals surface area contributed by atoms with E-state index in [0.717, 1.165) is 24.3 Å². The Kier molecular flexibility index (Phi) is 3.79. The molecule has 2 rings (SSSR count).